The zero-order valence-electron chi connectivity index (χ0n) is 21.6. The highest BCUT2D eigenvalue weighted by Gasteiger charge is 2.26. The smallest absolute Gasteiger partial charge is 0.199 e. The summed E-state index contributed by atoms with van der Waals surface area (Å²) in [4.78, 5) is 12.0. The molecule has 37 heavy (non-hydrogen) atoms. The minimum atomic E-state index is -0.373. The number of morpholine rings is 1. The Balaban J connectivity index is 1.37. The van der Waals surface area contributed by atoms with Gasteiger partial charge in [0.25, 0.3) is 0 Å². The second-order valence-corrected chi connectivity index (χ2v) is 10.3. The van der Waals surface area contributed by atoms with Crippen molar-refractivity contribution < 1.29 is 13.9 Å². The van der Waals surface area contributed by atoms with E-state index in [1.807, 2.05) is 42.8 Å². The van der Waals surface area contributed by atoms with E-state index in [0.717, 1.165) is 42.8 Å². The van der Waals surface area contributed by atoms with Gasteiger partial charge in [-0.05, 0) is 50.8 Å². The molecule has 2 aromatic heterocycles. The minimum absolute atomic E-state index is 0.0243. The normalized spacial score (nSPS) is 23.5. The standard InChI is InChI=1S/C28H33FN6O2/c1-17-4-7-20(35-10-12-36-13-11-35)15-25(30-26-16-22(32-33-26)19-5-6-19)31-28(17)37-24-9-8-23-21(27(24)29)14-18(2)34(23)3/h8-9,14-17,19H,4-7,10-13H2,1-3H3,(H,32,33)/b20-15+,30-25?,31-28?. The van der Waals surface area contributed by atoms with Crippen LogP contribution in [0.25, 0.3) is 10.9 Å². The highest BCUT2D eigenvalue weighted by atomic mass is 19.1. The van der Waals surface area contributed by atoms with E-state index in [2.05, 4.69) is 22.0 Å². The molecule has 0 bridgehead atoms. The first-order valence-electron chi connectivity index (χ1n) is 13.1. The van der Waals surface area contributed by atoms with Crippen LogP contribution >= 0.6 is 0 Å². The Morgan fingerprint density at radius 2 is 1.97 bits per heavy atom. The predicted octanol–water partition coefficient (Wildman–Crippen LogP) is 5.38. The molecule has 0 spiro atoms. The first-order valence-corrected chi connectivity index (χ1v) is 13.1. The number of allylic oxidation sites excluding steroid dienone is 1. The first-order chi connectivity index (χ1) is 18.0. The van der Waals surface area contributed by atoms with Crippen LogP contribution in [0.15, 0.2) is 46.0 Å². The number of aromatic amines is 1. The van der Waals surface area contributed by atoms with Gasteiger partial charge in [0.05, 0.1) is 18.7 Å². The van der Waals surface area contributed by atoms with Gasteiger partial charge in [0.1, 0.15) is 0 Å². The largest absolute Gasteiger partial charge is 0.440 e. The fourth-order valence-electron chi connectivity index (χ4n) is 5.03. The molecule has 1 N–H and O–H groups in total. The number of aryl methyl sites for hydroxylation is 2. The quantitative estimate of drug-likeness (QED) is 0.517. The van der Waals surface area contributed by atoms with E-state index >= 15 is 4.39 Å². The molecule has 1 aromatic carbocycles. The molecule has 1 unspecified atom stereocenters. The van der Waals surface area contributed by atoms with Crippen LogP contribution < -0.4 is 4.74 Å². The first kappa shape index (κ1) is 23.9. The van der Waals surface area contributed by atoms with Crippen molar-refractivity contribution in [3.05, 3.63) is 53.2 Å². The van der Waals surface area contributed by atoms with Crippen molar-refractivity contribution in [2.24, 2.45) is 23.0 Å². The summed E-state index contributed by atoms with van der Waals surface area (Å²) in [6, 6.07) is 7.42. The number of halogens is 1. The summed E-state index contributed by atoms with van der Waals surface area (Å²) in [5.41, 5.74) is 4.12. The summed E-state index contributed by atoms with van der Waals surface area (Å²) >= 11 is 0. The Morgan fingerprint density at radius 3 is 2.76 bits per heavy atom. The van der Waals surface area contributed by atoms with Gasteiger partial charge >= 0.3 is 0 Å². The molecule has 194 valence electrons. The number of fused-ring (bicyclic) bond motifs is 1. The molecule has 1 saturated heterocycles. The average molecular weight is 505 g/mol. The number of aromatic nitrogens is 3. The molecular weight excluding hydrogens is 471 g/mol. The summed E-state index contributed by atoms with van der Waals surface area (Å²) in [5.74, 6) is 1.90. The van der Waals surface area contributed by atoms with Crippen LogP contribution in [0.2, 0.25) is 0 Å². The molecule has 2 aliphatic heterocycles. The monoisotopic (exact) mass is 504 g/mol. The Labute approximate surface area is 215 Å². The molecular formula is C28H33FN6O2. The topological polar surface area (TPSA) is 80.0 Å². The second-order valence-electron chi connectivity index (χ2n) is 10.3. The van der Waals surface area contributed by atoms with Crippen molar-refractivity contribution in [2.45, 2.75) is 45.4 Å². The molecule has 9 heteroatoms. The number of rotatable bonds is 4. The highest BCUT2D eigenvalue weighted by molar-refractivity contribution is 6.04. The summed E-state index contributed by atoms with van der Waals surface area (Å²) in [5, 5.41) is 8.06. The minimum Gasteiger partial charge on any atom is -0.440 e. The van der Waals surface area contributed by atoms with Crippen LogP contribution in [0.1, 0.15) is 49.9 Å². The van der Waals surface area contributed by atoms with Crippen molar-refractivity contribution in [1.29, 1.82) is 0 Å². The van der Waals surface area contributed by atoms with Gasteiger partial charge in [0.2, 0.25) is 0 Å². The maximum Gasteiger partial charge on any atom is 0.199 e. The Kier molecular flexibility index (Phi) is 6.32. The number of hydrogen-bond acceptors (Lipinski definition) is 5. The number of nitrogens with one attached hydrogen (secondary N) is 1. The number of H-pyrrole nitrogens is 1. The van der Waals surface area contributed by atoms with E-state index in [1.165, 1.54) is 18.5 Å². The lowest BCUT2D eigenvalue weighted by Crippen LogP contribution is -2.36. The van der Waals surface area contributed by atoms with Gasteiger partial charge in [-0.25, -0.2) is 9.38 Å². The maximum absolute atomic E-state index is 15.5. The highest BCUT2D eigenvalue weighted by Crippen LogP contribution is 2.40. The molecule has 4 heterocycles. The summed E-state index contributed by atoms with van der Waals surface area (Å²) < 4.78 is 29.2. The summed E-state index contributed by atoms with van der Waals surface area (Å²) in [6.45, 7) is 7.14. The molecule has 0 amide bonds. The van der Waals surface area contributed by atoms with E-state index in [4.69, 9.17) is 19.5 Å². The van der Waals surface area contributed by atoms with Crippen molar-refractivity contribution in [3.63, 3.8) is 0 Å². The van der Waals surface area contributed by atoms with Gasteiger partial charge in [-0.15, -0.1) is 0 Å². The Hall–Kier alpha value is -3.46. The molecule has 8 nitrogen and oxygen atoms in total. The third-order valence-electron chi connectivity index (χ3n) is 7.60. The van der Waals surface area contributed by atoms with Gasteiger partial charge in [-0.3, -0.25) is 5.10 Å². The van der Waals surface area contributed by atoms with Crippen LogP contribution in [0, 0.1) is 18.7 Å². The van der Waals surface area contributed by atoms with Gasteiger partial charge < -0.3 is 18.9 Å². The summed E-state index contributed by atoms with van der Waals surface area (Å²) in [6.07, 6.45) is 6.06. The molecule has 1 saturated carbocycles. The van der Waals surface area contributed by atoms with Crippen LogP contribution in [-0.2, 0) is 11.8 Å². The fraction of sp³-hybridized carbons (Fsp3) is 0.464. The molecule has 6 rings (SSSR count). The van der Waals surface area contributed by atoms with Crippen molar-refractivity contribution >= 4 is 28.5 Å². The van der Waals surface area contributed by atoms with Crippen molar-refractivity contribution in [1.82, 2.24) is 19.7 Å². The number of hydrogen-bond donors (Lipinski definition) is 1. The van der Waals surface area contributed by atoms with E-state index < -0.39 is 0 Å². The van der Waals surface area contributed by atoms with E-state index in [1.54, 1.807) is 6.07 Å². The molecule has 1 atom stereocenters. The lowest BCUT2D eigenvalue weighted by atomic mass is 10.0. The number of aliphatic imine (C=N–C) groups is 2. The van der Waals surface area contributed by atoms with Crippen molar-refractivity contribution in [3.8, 4) is 5.75 Å². The molecule has 3 aromatic rings. The third kappa shape index (κ3) is 4.92. The number of nitrogens with zero attached hydrogens (tertiary/aromatic N) is 5. The summed E-state index contributed by atoms with van der Waals surface area (Å²) in [7, 11) is 1.93. The van der Waals surface area contributed by atoms with Gasteiger partial charge in [0, 0.05) is 66.6 Å². The molecule has 0 radical (unpaired) electrons. The second kappa shape index (κ2) is 9.78. The number of benzene rings is 1. The molecule has 2 fully saturated rings. The van der Waals surface area contributed by atoms with E-state index in [9.17, 15) is 0 Å². The van der Waals surface area contributed by atoms with Crippen LogP contribution in [0.3, 0.4) is 0 Å². The average Bonchev–Trinajstić information content (AvgIpc) is 3.58. The Bertz CT molecular complexity index is 1410. The number of amidine groups is 1. The zero-order chi connectivity index (χ0) is 25.5. The van der Waals surface area contributed by atoms with Gasteiger partial charge in [-0.1, -0.05) is 6.92 Å². The zero-order valence-corrected chi connectivity index (χ0v) is 21.6. The van der Waals surface area contributed by atoms with Crippen LogP contribution in [0.5, 0.6) is 5.75 Å². The number of ether oxygens (including phenoxy) is 2. The molecule has 3 aliphatic rings. The third-order valence-corrected chi connectivity index (χ3v) is 7.60. The van der Waals surface area contributed by atoms with Gasteiger partial charge in [0.15, 0.2) is 29.1 Å². The maximum atomic E-state index is 15.5. The predicted molar refractivity (Wildman–Crippen MR) is 142 cm³/mol. The lowest BCUT2D eigenvalue weighted by molar-refractivity contribution is 0.0518. The molecule has 1 aliphatic carbocycles. The van der Waals surface area contributed by atoms with Crippen LogP contribution in [0.4, 0.5) is 10.2 Å². The van der Waals surface area contributed by atoms with E-state index in [0.29, 0.717) is 42.1 Å². The van der Waals surface area contributed by atoms with Crippen molar-refractivity contribution in [2.75, 3.05) is 26.3 Å². The van der Waals surface area contributed by atoms with Gasteiger partial charge in [-0.2, -0.15) is 10.1 Å². The SMILES string of the molecule is Cc1cc2c(F)c(OC3=NC(=Nc4cc(C5CC5)[nH]n4)/C=C(/N4CCOCC4)CCC3C)ccc2n1C. The Morgan fingerprint density at radius 1 is 1.16 bits per heavy atom. The lowest BCUT2D eigenvalue weighted by Gasteiger charge is -2.32. The van der Waals surface area contributed by atoms with Crippen LogP contribution in [-0.4, -0.2) is 57.7 Å². The van der Waals surface area contributed by atoms with E-state index in [-0.39, 0.29) is 17.5 Å². The fourth-order valence-corrected chi connectivity index (χ4v) is 5.03.